The highest BCUT2D eigenvalue weighted by Crippen LogP contribution is 2.40. The summed E-state index contributed by atoms with van der Waals surface area (Å²) < 4.78 is 32.4. The highest BCUT2D eigenvalue weighted by molar-refractivity contribution is 7.86. The Hall–Kier alpha value is -3.01. The molecule has 0 saturated heterocycles. The zero-order valence-electron chi connectivity index (χ0n) is 13.8. The van der Waals surface area contributed by atoms with Gasteiger partial charge in [-0.3, -0.25) is 4.55 Å². The summed E-state index contributed by atoms with van der Waals surface area (Å²) in [6.45, 7) is 1.83. The fourth-order valence-electron chi connectivity index (χ4n) is 2.45. The first-order valence-corrected chi connectivity index (χ1v) is 8.65. The molecule has 0 fully saturated rings. The van der Waals surface area contributed by atoms with Crippen LogP contribution in [0.3, 0.4) is 0 Å². The molecule has 0 spiro atoms. The minimum atomic E-state index is -4.52. The Morgan fingerprint density at radius 3 is 2.19 bits per heavy atom. The van der Waals surface area contributed by atoms with Crippen LogP contribution in [-0.4, -0.2) is 23.2 Å². The summed E-state index contributed by atoms with van der Waals surface area (Å²) >= 11 is 0. The number of phenolic OH excluding ortho intramolecular Hbond substituents is 2. The Labute approximate surface area is 149 Å². The van der Waals surface area contributed by atoms with E-state index < -0.39 is 20.8 Å². The van der Waals surface area contributed by atoms with Crippen LogP contribution in [0.25, 0.3) is 10.8 Å². The van der Waals surface area contributed by atoms with Crippen molar-refractivity contribution in [2.75, 3.05) is 0 Å². The first-order chi connectivity index (χ1) is 11.8. The maximum absolute atomic E-state index is 11.5. The lowest BCUT2D eigenvalue weighted by Gasteiger charge is -2.08. The topological polar surface area (TPSA) is 155 Å². The van der Waals surface area contributed by atoms with Crippen molar-refractivity contribution < 1.29 is 23.2 Å². The van der Waals surface area contributed by atoms with Gasteiger partial charge in [-0.15, -0.1) is 10.2 Å². The molecule has 0 aromatic heterocycles. The van der Waals surface area contributed by atoms with Gasteiger partial charge in [-0.25, -0.2) is 0 Å². The molecule has 136 valence electrons. The summed E-state index contributed by atoms with van der Waals surface area (Å²) in [5, 5.41) is 28.4. The summed E-state index contributed by atoms with van der Waals surface area (Å²) in [5.74, 6) is -0.532. The molecule has 8 nitrogen and oxygen atoms in total. The van der Waals surface area contributed by atoms with Crippen LogP contribution in [0.2, 0.25) is 0 Å². The number of aromatic hydroxyl groups is 2. The summed E-state index contributed by atoms with van der Waals surface area (Å²) in [7, 11) is -4.52. The molecule has 26 heavy (non-hydrogen) atoms. The molecule has 0 aliphatic carbocycles. The van der Waals surface area contributed by atoms with Gasteiger partial charge in [-0.1, -0.05) is 30.3 Å². The molecule has 0 unspecified atom stereocenters. The smallest absolute Gasteiger partial charge is 0.295 e. The van der Waals surface area contributed by atoms with E-state index in [0.29, 0.717) is 5.39 Å². The zero-order valence-corrected chi connectivity index (χ0v) is 14.6. The van der Waals surface area contributed by atoms with E-state index in [1.807, 2.05) is 6.92 Å². The molecule has 3 aromatic rings. The van der Waals surface area contributed by atoms with Gasteiger partial charge in [0.25, 0.3) is 10.1 Å². The Balaban J connectivity index is 0.00000243. The van der Waals surface area contributed by atoms with Crippen LogP contribution in [0.1, 0.15) is 5.56 Å². The van der Waals surface area contributed by atoms with Crippen molar-refractivity contribution in [3.63, 3.8) is 0 Å². The van der Waals surface area contributed by atoms with E-state index in [4.69, 9.17) is 0 Å². The second kappa shape index (κ2) is 7.08. The van der Waals surface area contributed by atoms with Gasteiger partial charge in [0.2, 0.25) is 0 Å². The molecule has 0 heterocycles. The monoisotopic (exact) mass is 375 g/mol. The number of aryl methyl sites for hydroxylation is 1. The third-order valence-corrected chi connectivity index (χ3v) is 4.52. The van der Waals surface area contributed by atoms with Gasteiger partial charge in [-0.05, 0) is 24.6 Å². The molecule has 0 aliphatic heterocycles. The maximum atomic E-state index is 11.5. The van der Waals surface area contributed by atoms with Gasteiger partial charge in [0, 0.05) is 16.8 Å². The third-order valence-electron chi connectivity index (χ3n) is 3.62. The minimum absolute atomic E-state index is 0. The Morgan fingerprint density at radius 1 is 0.885 bits per heavy atom. The summed E-state index contributed by atoms with van der Waals surface area (Å²) in [4.78, 5) is -0.419. The SMILES string of the molecule is Cc1ccc(O)c(/N=N/c2c(O)cc(S(=O)(=O)O)c3ccccc23)c1.N. The Kier molecular flexibility index (Phi) is 5.26. The van der Waals surface area contributed by atoms with Gasteiger partial charge in [-0.2, -0.15) is 8.42 Å². The first-order valence-electron chi connectivity index (χ1n) is 7.21. The largest absolute Gasteiger partial charge is 0.506 e. The van der Waals surface area contributed by atoms with Crippen LogP contribution in [0.4, 0.5) is 11.4 Å². The third kappa shape index (κ3) is 3.64. The molecule has 0 amide bonds. The van der Waals surface area contributed by atoms with Gasteiger partial charge < -0.3 is 16.4 Å². The molecule has 6 N–H and O–H groups in total. The molecule has 9 heteroatoms. The normalized spacial score (nSPS) is 11.6. The number of azo groups is 1. The van der Waals surface area contributed by atoms with Crippen LogP contribution in [-0.2, 0) is 10.1 Å². The van der Waals surface area contributed by atoms with Crippen molar-refractivity contribution in [2.45, 2.75) is 11.8 Å². The average Bonchev–Trinajstić information content (AvgIpc) is 2.55. The van der Waals surface area contributed by atoms with E-state index in [1.165, 1.54) is 12.1 Å². The van der Waals surface area contributed by atoms with Gasteiger partial charge >= 0.3 is 0 Å². The maximum Gasteiger partial charge on any atom is 0.295 e. The number of benzene rings is 3. The van der Waals surface area contributed by atoms with E-state index in [1.54, 1.807) is 30.3 Å². The van der Waals surface area contributed by atoms with Crippen LogP contribution in [0, 0.1) is 6.92 Å². The second-order valence-corrected chi connectivity index (χ2v) is 6.85. The van der Waals surface area contributed by atoms with Crippen LogP contribution < -0.4 is 6.15 Å². The van der Waals surface area contributed by atoms with Crippen molar-refractivity contribution in [1.29, 1.82) is 0 Å². The molecular weight excluding hydrogens is 358 g/mol. The molecule has 0 aliphatic rings. The van der Waals surface area contributed by atoms with Crippen LogP contribution in [0.5, 0.6) is 11.5 Å². The lowest BCUT2D eigenvalue weighted by molar-refractivity contribution is 0.468. The van der Waals surface area contributed by atoms with Crippen molar-refractivity contribution in [3.05, 3.63) is 54.1 Å². The summed E-state index contributed by atoms with van der Waals surface area (Å²) in [6, 6.07) is 12.0. The van der Waals surface area contributed by atoms with E-state index in [0.717, 1.165) is 11.6 Å². The summed E-state index contributed by atoms with van der Waals surface area (Å²) in [5.41, 5.74) is 1.11. The predicted molar refractivity (Wildman–Crippen MR) is 97.5 cm³/mol. The highest BCUT2D eigenvalue weighted by Gasteiger charge is 2.19. The van der Waals surface area contributed by atoms with Gasteiger partial charge in [0.1, 0.15) is 27.8 Å². The Bertz CT molecular complexity index is 1110. The first kappa shape index (κ1) is 19.3. The predicted octanol–water partition coefficient (Wildman–Crippen LogP) is 4.38. The van der Waals surface area contributed by atoms with Crippen LogP contribution >= 0.6 is 0 Å². The number of hydrogen-bond donors (Lipinski definition) is 4. The van der Waals surface area contributed by atoms with Crippen molar-refractivity contribution in [3.8, 4) is 11.5 Å². The highest BCUT2D eigenvalue weighted by atomic mass is 32.2. The number of rotatable bonds is 3. The number of nitrogens with zero attached hydrogens (tertiary/aromatic N) is 2. The fourth-order valence-corrected chi connectivity index (χ4v) is 3.17. The molecular formula is C17H17N3O5S. The fraction of sp³-hybridized carbons (Fsp3) is 0.0588. The van der Waals surface area contributed by atoms with Crippen molar-refractivity contribution in [2.24, 2.45) is 10.2 Å². The standard InChI is InChI=1S/C17H14N2O5S.H3N/c1-10-6-7-14(20)13(8-10)18-19-17-12-5-3-2-4-11(12)16(9-15(17)21)25(22,23)24;/h2-9,20-21H,1H3,(H,22,23,24);1H3/b19-18+;. The van der Waals surface area contributed by atoms with Gasteiger partial charge in [0.15, 0.2) is 0 Å². The molecule has 3 aromatic carbocycles. The number of phenols is 2. The lowest BCUT2D eigenvalue weighted by atomic mass is 10.1. The second-order valence-electron chi connectivity index (χ2n) is 5.46. The molecule has 0 bridgehead atoms. The zero-order chi connectivity index (χ0) is 18.2. The number of hydrogen-bond acceptors (Lipinski definition) is 7. The van der Waals surface area contributed by atoms with Crippen LogP contribution in [0.15, 0.2) is 63.7 Å². The molecule has 0 atom stereocenters. The van der Waals surface area contributed by atoms with E-state index in [-0.39, 0.29) is 28.7 Å². The summed E-state index contributed by atoms with van der Waals surface area (Å²) in [6.07, 6.45) is 0. The molecule has 0 radical (unpaired) electrons. The molecule has 3 rings (SSSR count). The van der Waals surface area contributed by atoms with Crippen molar-refractivity contribution in [1.82, 2.24) is 6.15 Å². The minimum Gasteiger partial charge on any atom is -0.506 e. The number of fused-ring (bicyclic) bond motifs is 1. The van der Waals surface area contributed by atoms with E-state index >= 15 is 0 Å². The quantitative estimate of drug-likeness (QED) is 0.393. The lowest BCUT2D eigenvalue weighted by Crippen LogP contribution is -1.99. The Morgan fingerprint density at radius 2 is 1.54 bits per heavy atom. The van der Waals surface area contributed by atoms with E-state index in [2.05, 4.69) is 10.2 Å². The van der Waals surface area contributed by atoms with Crippen molar-refractivity contribution >= 4 is 32.3 Å². The van der Waals surface area contributed by atoms with E-state index in [9.17, 15) is 23.2 Å². The molecule has 0 saturated carbocycles. The average molecular weight is 375 g/mol. The van der Waals surface area contributed by atoms with Gasteiger partial charge in [0.05, 0.1) is 0 Å².